The van der Waals surface area contributed by atoms with Gasteiger partial charge in [-0.1, -0.05) is 12.8 Å². The number of likely N-dealkylation sites (tertiary alicyclic amines) is 1. The molecule has 1 heterocycles. The highest BCUT2D eigenvalue weighted by atomic mass is 19.4. The molecule has 2 atom stereocenters. The average molecular weight is 387 g/mol. The van der Waals surface area contributed by atoms with Crippen molar-refractivity contribution in [2.24, 2.45) is 0 Å². The molecule has 1 aromatic rings. The van der Waals surface area contributed by atoms with E-state index in [4.69, 9.17) is 0 Å². The van der Waals surface area contributed by atoms with Crippen LogP contribution in [0.25, 0.3) is 0 Å². The largest absolute Gasteiger partial charge is 0.418 e. The number of anilines is 1. The number of hydrogen-bond donors (Lipinski definition) is 2. The maximum absolute atomic E-state index is 13.3. The van der Waals surface area contributed by atoms with E-state index in [9.17, 15) is 28.4 Å². The fourth-order valence-corrected chi connectivity index (χ4v) is 4.12. The fraction of sp³-hybridized carbons (Fsp3) is 0.667. The SMILES string of the molecule is O=[N+]([O-])c1ccc(NC2CCN(C3CCCCC3O)CC2)c(C(F)(F)F)c1. The van der Waals surface area contributed by atoms with Gasteiger partial charge in [-0.3, -0.25) is 15.0 Å². The molecule has 2 N–H and O–H groups in total. The van der Waals surface area contributed by atoms with Crippen LogP contribution < -0.4 is 5.32 Å². The molecule has 2 fully saturated rings. The Morgan fingerprint density at radius 3 is 2.41 bits per heavy atom. The molecule has 1 saturated heterocycles. The first-order valence-corrected chi connectivity index (χ1v) is 9.30. The molecule has 0 bridgehead atoms. The third kappa shape index (κ3) is 4.70. The summed E-state index contributed by atoms with van der Waals surface area (Å²) in [7, 11) is 0. The summed E-state index contributed by atoms with van der Waals surface area (Å²) in [5.41, 5.74) is -1.71. The number of halogens is 3. The van der Waals surface area contributed by atoms with Gasteiger partial charge in [-0.25, -0.2) is 0 Å². The van der Waals surface area contributed by atoms with Crippen LogP contribution in [0.5, 0.6) is 0 Å². The van der Waals surface area contributed by atoms with Gasteiger partial charge in [0.2, 0.25) is 0 Å². The minimum atomic E-state index is -4.67. The van der Waals surface area contributed by atoms with E-state index in [1.54, 1.807) is 0 Å². The van der Waals surface area contributed by atoms with Crippen molar-refractivity contribution in [2.75, 3.05) is 18.4 Å². The molecule has 1 aliphatic heterocycles. The van der Waals surface area contributed by atoms with Gasteiger partial charge in [0.25, 0.3) is 5.69 Å². The van der Waals surface area contributed by atoms with Crippen molar-refractivity contribution in [2.45, 2.75) is 62.9 Å². The number of hydrogen-bond acceptors (Lipinski definition) is 5. The number of benzene rings is 1. The van der Waals surface area contributed by atoms with Gasteiger partial charge in [-0.15, -0.1) is 0 Å². The number of nitrogens with zero attached hydrogens (tertiary/aromatic N) is 2. The van der Waals surface area contributed by atoms with E-state index < -0.39 is 22.4 Å². The van der Waals surface area contributed by atoms with Gasteiger partial charge in [0.15, 0.2) is 0 Å². The first kappa shape index (κ1) is 19.9. The molecule has 0 spiro atoms. The second kappa shape index (κ2) is 8.02. The summed E-state index contributed by atoms with van der Waals surface area (Å²) in [6.07, 6.45) is 0.236. The van der Waals surface area contributed by atoms with Gasteiger partial charge < -0.3 is 10.4 Å². The quantitative estimate of drug-likeness (QED) is 0.607. The molecule has 27 heavy (non-hydrogen) atoms. The fourth-order valence-electron chi connectivity index (χ4n) is 4.12. The zero-order valence-electron chi connectivity index (χ0n) is 14.9. The number of aliphatic hydroxyl groups excluding tert-OH is 1. The first-order valence-electron chi connectivity index (χ1n) is 9.30. The number of nitrogens with one attached hydrogen (secondary N) is 1. The molecule has 6 nitrogen and oxygen atoms in total. The Morgan fingerprint density at radius 1 is 1.15 bits per heavy atom. The number of aliphatic hydroxyl groups is 1. The summed E-state index contributed by atoms with van der Waals surface area (Å²) in [6.45, 7) is 1.43. The maximum atomic E-state index is 13.3. The number of nitro groups is 1. The Labute approximate surface area is 155 Å². The molecule has 3 rings (SSSR count). The lowest BCUT2D eigenvalue weighted by Crippen LogP contribution is -2.50. The van der Waals surface area contributed by atoms with E-state index in [0.29, 0.717) is 32.0 Å². The maximum Gasteiger partial charge on any atom is 0.418 e. The minimum absolute atomic E-state index is 0.121. The average Bonchev–Trinajstić information content (AvgIpc) is 2.62. The molecule has 0 aromatic heterocycles. The monoisotopic (exact) mass is 387 g/mol. The van der Waals surface area contributed by atoms with Gasteiger partial charge in [-0.2, -0.15) is 13.2 Å². The molecular formula is C18H24F3N3O3. The first-order chi connectivity index (χ1) is 12.8. The van der Waals surface area contributed by atoms with Gasteiger partial charge >= 0.3 is 6.18 Å². The van der Waals surface area contributed by atoms with E-state index in [-0.39, 0.29) is 23.9 Å². The summed E-state index contributed by atoms with van der Waals surface area (Å²) in [4.78, 5) is 12.2. The van der Waals surface area contributed by atoms with Crippen molar-refractivity contribution >= 4 is 11.4 Å². The number of piperidine rings is 1. The van der Waals surface area contributed by atoms with Crippen LogP contribution in [0.3, 0.4) is 0 Å². The summed E-state index contributed by atoms with van der Waals surface area (Å²) in [6, 6.07) is 2.81. The van der Waals surface area contributed by atoms with Gasteiger partial charge in [0.1, 0.15) is 0 Å². The third-order valence-electron chi connectivity index (χ3n) is 5.57. The summed E-state index contributed by atoms with van der Waals surface area (Å²) >= 11 is 0. The molecule has 150 valence electrons. The normalized spacial score (nSPS) is 25.3. The van der Waals surface area contributed by atoms with Crippen molar-refractivity contribution < 1.29 is 23.2 Å². The van der Waals surface area contributed by atoms with Crippen molar-refractivity contribution in [1.82, 2.24) is 4.90 Å². The molecule has 1 saturated carbocycles. The van der Waals surface area contributed by atoms with Gasteiger partial charge in [0.05, 0.1) is 16.6 Å². The molecule has 0 radical (unpaired) electrons. The minimum Gasteiger partial charge on any atom is -0.391 e. The predicted molar refractivity (Wildman–Crippen MR) is 94.6 cm³/mol. The number of non-ortho nitro benzene ring substituents is 1. The molecule has 1 aliphatic carbocycles. The Balaban J connectivity index is 1.65. The van der Waals surface area contributed by atoms with Crippen molar-refractivity contribution in [3.8, 4) is 0 Å². The second-order valence-corrected chi connectivity index (χ2v) is 7.36. The Bertz CT molecular complexity index is 676. The Hall–Kier alpha value is -1.87. The topological polar surface area (TPSA) is 78.6 Å². The van der Waals surface area contributed by atoms with Crippen LogP contribution in [-0.4, -0.2) is 46.2 Å². The molecular weight excluding hydrogens is 363 g/mol. The zero-order chi connectivity index (χ0) is 19.6. The van der Waals surface area contributed by atoms with Gasteiger partial charge in [-0.05, 0) is 31.7 Å². The second-order valence-electron chi connectivity index (χ2n) is 7.36. The van der Waals surface area contributed by atoms with E-state index >= 15 is 0 Å². The van der Waals surface area contributed by atoms with Crippen molar-refractivity contribution in [1.29, 1.82) is 0 Å². The summed E-state index contributed by atoms with van der Waals surface area (Å²) in [5.74, 6) is 0. The predicted octanol–water partition coefficient (Wildman–Crippen LogP) is 3.79. The van der Waals surface area contributed by atoms with Gasteiger partial charge in [0, 0.05) is 43.0 Å². The van der Waals surface area contributed by atoms with Crippen LogP contribution in [0.1, 0.15) is 44.1 Å². The molecule has 9 heteroatoms. The van der Waals surface area contributed by atoms with Crippen molar-refractivity contribution in [3.05, 3.63) is 33.9 Å². The standard InChI is InChI=1S/C18H24F3N3O3/c19-18(20,21)14-11-13(24(26)27)5-6-15(14)22-12-7-9-23(10-8-12)16-3-1-2-4-17(16)25/h5-6,11-12,16-17,22,25H,1-4,7-10H2. The van der Waals surface area contributed by atoms with Crippen LogP contribution in [0.4, 0.5) is 24.5 Å². The van der Waals surface area contributed by atoms with E-state index in [2.05, 4.69) is 10.2 Å². The van der Waals surface area contributed by atoms with Crippen LogP contribution in [0, 0.1) is 10.1 Å². The van der Waals surface area contributed by atoms with E-state index in [1.165, 1.54) is 0 Å². The number of rotatable bonds is 4. The van der Waals surface area contributed by atoms with Crippen LogP contribution in [0.2, 0.25) is 0 Å². The number of nitro benzene ring substituents is 1. The lowest BCUT2D eigenvalue weighted by atomic mass is 9.89. The molecule has 2 aliphatic rings. The zero-order valence-corrected chi connectivity index (χ0v) is 14.9. The highest BCUT2D eigenvalue weighted by molar-refractivity contribution is 5.58. The molecule has 1 aromatic carbocycles. The third-order valence-corrected chi connectivity index (χ3v) is 5.57. The lowest BCUT2D eigenvalue weighted by molar-refractivity contribution is -0.385. The Morgan fingerprint density at radius 2 is 1.81 bits per heavy atom. The number of alkyl halides is 3. The van der Waals surface area contributed by atoms with E-state index in [1.807, 2.05) is 0 Å². The summed E-state index contributed by atoms with van der Waals surface area (Å²) < 4.78 is 39.9. The highest BCUT2D eigenvalue weighted by Gasteiger charge is 2.36. The summed E-state index contributed by atoms with van der Waals surface area (Å²) in [5, 5.41) is 23.9. The van der Waals surface area contributed by atoms with Crippen LogP contribution >= 0.6 is 0 Å². The molecule has 2 unspecified atom stereocenters. The Kier molecular flexibility index (Phi) is 5.90. The smallest absolute Gasteiger partial charge is 0.391 e. The van der Waals surface area contributed by atoms with E-state index in [0.717, 1.165) is 37.8 Å². The molecule has 0 amide bonds. The van der Waals surface area contributed by atoms with Crippen molar-refractivity contribution in [3.63, 3.8) is 0 Å². The lowest BCUT2D eigenvalue weighted by Gasteiger charge is -2.42. The highest BCUT2D eigenvalue weighted by Crippen LogP contribution is 2.38. The van der Waals surface area contributed by atoms with Crippen LogP contribution in [0.15, 0.2) is 18.2 Å². The van der Waals surface area contributed by atoms with Crippen LogP contribution in [-0.2, 0) is 6.18 Å².